The predicted octanol–water partition coefficient (Wildman–Crippen LogP) is 6.68. The second kappa shape index (κ2) is 10.2. The topological polar surface area (TPSA) is 34.1 Å². The van der Waals surface area contributed by atoms with E-state index in [1.165, 1.54) is 6.42 Å². The first-order chi connectivity index (χ1) is 18.1. The zero-order valence-corrected chi connectivity index (χ0v) is 22.9. The van der Waals surface area contributed by atoms with Crippen LogP contribution in [0.2, 0.25) is 0 Å². The minimum Gasteiger partial charge on any atom is -0.314 e. The molecule has 2 nitrogen and oxygen atoms in total. The van der Waals surface area contributed by atoms with Crippen LogP contribution in [0.1, 0.15) is 19.3 Å². The summed E-state index contributed by atoms with van der Waals surface area (Å²) in [5.41, 5.74) is 0. The van der Waals surface area contributed by atoms with E-state index in [0.29, 0.717) is 23.7 Å². The Hall–Kier alpha value is -2.66. The molecule has 0 amide bonds. The van der Waals surface area contributed by atoms with E-state index in [-0.39, 0.29) is 0 Å². The highest BCUT2D eigenvalue weighted by atomic mass is 31.2. The molecule has 0 saturated heterocycles. The number of hydrogen-bond acceptors (Lipinski definition) is 2. The summed E-state index contributed by atoms with van der Waals surface area (Å²) in [7, 11) is -5.43. The largest absolute Gasteiger partial charge is 0.314 e. The fourth-order valence-corrected chi connectivity index (χ4v) is 13.3. The summed E-state index contributed by atoms with van der Waals surface area (Å²) >= 11 is 0. The summed E-state index contributed by atoms with van der Waals surface area (Å²) in [6.07, 6.45) is 4.86. The molecule has 6 rings (SSSR count). The van der Waals surface area contributed by atoms with Gasteiger partial charge >= 0.3 is 0 Å². The lowest BCUT2D eigenvalue weighted by Gasteiger charge is -2.33. The standard InChI is InChI=1S/C33H34O2P2/c34-36(30-13-5-1-6-14-30,31-15-7-2-8-16-31)24-28-22-27-21-26(28)23-29(27)25-37(35,32-17-9-3-10-18-32)33-19-11-4-12-20-33/h1-20,26-29H,21-25H2/t26-,27-,28+,29+/m0/s1. The van der Waals surface area contributed by atoms with Crippen LogP contribution < -0.4 is 21.2 Å². The third-order valence-corrected chi connectivity index (χ3v) is 15.3. The molecule has 0 N–H and O–H groups in total. The van der Waals surface area contributed by atoms with Gasteiger partial charge in [-0.1, -0.05) is 121 Å². The monoisotopic (exact) mass is 524 g/mol. The number of rotatable bonds is 8. The number of benzene rings is 4. The molecule has 2 aliphatic carbocycles. The van der Waals surface area contributed by atoms with Crippen molar-refractivity contribution in [2.45, 2.75) is 19.3 Å². The third-order valence-electron chi connectivity index (χ3n) is 8.83. The van der Waals surface area contributed by atoms with E-state index < -0.39 is 14.3 Å². The molecule has 4 atom stereocenters. The molecule has 2 fully saturated rings. The fourth-order valence-electron chi connectivity index (χ4n) is 7.02. The predicted molar refractivity (Wildman–Crippen MR) is 157 cm³/mol. The van der Waals surface area contributed by atoms with Gasteiger partial charge in [-0.3, -0.25) is 0 Å². The van der Waals surface area contributed by atoms with Gasteiger partial charge in [0.2, 0.25) is 0 Å². The zero-order valence-electron chi connectivity index (χ0n) is 21.1. The van der Waals surface area contributed by atoms with Crippen molar-refractivity contribution >= 4 is 35.5 Å². The Labute approximate surface area is 220 Å². The van der Waals surface area contributed by atoms with Gasteiger partial charge in [0, 0.05) is 33.5 Å². The first-order valence-corrected chi connectivity index (χ1v) is 17.3. The fraction of sp³-hybridized carbons (Fsp3) is 0.273. The first kappa shape index (κ1) is 24.7. The van der Waals surface area contributed by atoms with Crippen LogP contribution in [-0.4, -0.2) is 12.3 Å². The quantitative estimate of drug-likeness (QED) is 0.241. The summed E-state index contributed by atoms with van der Waals surface area (Å²) in [6.45, 7) is 0. The summed E-state index contributed by atoms with van der Waals surface area (Å²) < 4.78 is 29.4. The molecule has 4 aromatic rings. The van der Waals surface area contributed by atoms with Crippen LogP contribution in [0, 0.1) is 23.7 Å². The summed E-state index contributed by atoms with van der Waals surface area (Å²) in [5, 5.41) is 3.88. The van der Waals surface area contributed by atoms with Crippen molar-refractivity contribution in [2.75, 3.05) is 12.3 Å². The maximum atomic E-state index is 14.7. The van der Waals surface area contributed by atoms with E-state index in [0.717, 1.165) is 46.4 Å². The maximum Gasteiger partial charge on any atom is 0.143 e. The molecule has 0 aromatic heterocycles. The molecule has 37 heavy (non-hydrogen) atoms. The molecule has 4 aromatic carbocycles. The highest BCUT2D eigenvalue weighted by Gasteiger charge is 2.49. The van der Waals surface area contributed by atoms with Gasteiger partial charge in [0.05, 0.1) is 0 Å². The van der Waals surface area contributed by atoms with Gasteiger partial charge in [0.1, 0.15) is 14.3 Å². The summed E-state index contributed by atoms with van der Waals surface area (Å²) in [5.74, 6) is 2.05. The molecular weight excluding hydrogens is 490 g/mol. The van der Waals surface area contributed by atoms with Crippen LogP contribution >= 0.6 is 14.3 Å². The molecule has 2 aliphatic rings. The van der Waals surface area contributed by atoms with E-state index in [1.807, 2.05) is 121 Å². The molecule has 0 unspecified atom stereocenters. The third kappa shape index (κ3) is 4.71. The van der Waals surface area contributed by atoms with Crippen molar-refractivity contribution in [1.29, 1.82) is 0 Å². The molecule has 0 radical (unpaired) electrons. The van der Waals surface area contributed by atoms with Crippen molar-refractivity contribution in [3.63, 3.8) is 0 Å². The Balaban J connectivity index is 1.24. The SMILES string of the molecule is O=P(C[C@H]1C[C@@H]2C[C@H]1C[C@@H]2CP(=O)(c1ccccc1)c1ccccc1)(c1ccccc1)c1ccccc1. The van der Waals surface area contributed by atoms with Crippen molar-refractivity contribution in [3.8, 4) is 0 Å². The van der Waals surface area contributed by atoms with E-state index in [2.05, 4.69) is 0 Å². The van der Waals surface area contributed by atoms with Gasteiger partial charge in [0.25, 0.3) is 0 Å². The van der Waals surface area contributed by atoms with Gasteiger partial charge in [0.15, 0.2) is 0 Å². The van der Waals surface area contributed by atoms with E-state index >= 15 is 0 Å². The Bertz CT molecular complexity index is 1220. The molecule has 2 bridgehead atoms. The minimum atomic E-state index is -2.71. The number of hydrogen-bond donors (Lipinski definition) is 0. The Kier molecular flexibility index (Phi) is 6.83. The second-order valence-electron chi connectivity index (χ2n) is 10.9. The second-order valence-corrected chi connectivity index (χ2v) is 16.7. The lowest BCUT2D eigenvalue weighted by atomic mass is 9.84. The molecular formula is C33H34O2P2. The van der Waals surface area contributed by atoms with Crippen LogP contribution in [-0.2, 0) is 9.13 Å². The zero-order chi connectivity index (χ0) is 25.3. The van der Waals surface area contributed by atoms with Crippen molar-refractivity contribution in [3.05, 3.63) is 121 Å². The van der Waals surface area contributed by atoms with Gasteiger partial charge < -0.3 is 9.13 Å². The smallest absolute Gasteiger partial charge is 0.143 e. The summed E-state index contributed by atoms with van der Waals surface area (Å²) in [6, 6.07) is 40.4. The van der Waals surface area contributed by atoms with E-state index in [4.69, 9.17) is 0 Å². The van der Waals surface area contributed by atoms with Crippen molar-refractivity contribution in [2.24, 2.45) is 23.7 Å². The molecule has 4 heteroatoms. The lowest BCUT2D eigenvalue weighted by molar-refractivity contribution is 0.291. The molecule has 188 valence electrons. The number of fused-ring (bicyclic) bond motifs is 2. The van der Waals surface area contributed by atoms with Gasteiger partial charge in [-0.15, -0.1) is 0 Å². The van der Waals surface area contributed by atoms with Gasteiger partial charge in [-0.2, -0.15) is 0 Å². The van der Waals surface area contributed by atoms with Crippen LogP contribution in [0.3, 0.4) is 0 Å². The Morgan fingerprint density at radius 2 is 0.703 bits per heavy atom. The van der Waals surface area contributed by atoms with E-state index in [9.17, 15) is 9.13 Å². The maximum absolute atomic E-state index is 14.7. The Morgan fingerprint density at radius 3 is 0.946 bits per heavy atom. The highest BCUT2D eigenvalue weighted by Crippen LogP contribution is 2.60. The van der Waals surface area contributed by atoms with Crippen molar-refractivity contribution in [1.82, 2.24) is 0 Å². The average molecular weight is 525 g/mol. The Morgan fingerprint density at radius 1 is 0.432 bits per heavy atom. The van der Waals surface area contributed by atoms with Crippen LogP contribution in [0.4, 0.5) is 0 Å². The van der Waals surface area contributed by atoms with Crippen LogP contribution in [0.25, 0.3) is 0 Å². The minimum absolute atomic E-state index is 0.459. The van der Waals surface area contributed by atoms with Gasteiger partial charge in [-0.25, -0.2) is 0 Å². The van der Waals surface area contributed by atoms with E-state index in [1.54, 1.807) is 0 Å². The van der Waals surface area contributed by atoms with Gasteiger partial charge in [-0.05, 0) is 42.9 Å². The summed E-state index contributed by atoms with van der Waals surface area (Å²) in [4.78, 5) is 0. The van der Waals surface area contributed by atoms with Crippen molar-refractivity contribution < 1.29 is 9.13 Å². The van der Waals surface area contributed by atoms with Crippen LogP contribution in [0.15, 0.2) is 121 Å². The molecule has 0 heterocycles. The average Bonchev–Trinajstić information content (AvgIpc) is 3.54. The molecule has 2 saturated carbocycles. The molecule has 0 aliphatic heterocycles. The highest BCUT2D eigenvalue weighted by molar-refractivity contribution is 7.79. The lowest BCUT2D eigenvalue weighted by Crippen LogP contribution is -2.29. The molecule has 0 spiro atoms. The first-order valence-electron chi connectivity index (χ1n) is 13.5. The van der Waals surface area contributed by atoms with Crippen LogP contribution in [0.5, 0.6) is 0 Å². The normalized spacial score (nSPS) is 23.2.